The van der Waals surface area contributed by atoms with Crippen molar-refractivity contribution in [3.05, 3.63) is 59.4 Å². The smallest absolute Gasteiger partial charge is 0.164 e. The van der Waals surface area contributed by atoms with Crippen LogP contribution in [0.25, 0.3) is 17.8 Å². The highest BCUT2D eigenvalue weighted by molar-refractivity contribution is 5.76. The van der Waals surface area contributed by atoms with E-state index < -0.39 is 0 Å². The van der Waals surface area contributed by atoms with Gasteiger partial charge in [-0.25, -0.2) is 4.98 Å². The first-order chi connectivity index (χ1) is 11.8. The number of anilines is 1. The minimum atomic E-state index is 0.534. The lowest BCUT2D eigenvalue weighted by atomic mass is 9.87. The van der Waals surface area contributed by atoms with E-state index in [4.69, 9.17) is 10.7 Å². The quantitative estimate of drug-likeness (QED) is 0.772. The van der Waals surface area contributed by atoms with Crippen LogP contribution in [0.4, 0.5) is 5.82 Å². The van der Waals surface area contributed by atoms with Gasteiger partial charge in [-0.2, -0.15) is 9.61 Å². The maximum atomic E-state index is 6.22. The Bertz CT molecular complexity index is 858. The van der Waals surface area contributed by atoms with Crippen LogP contribution in [0.3, 0.4) is 0 Å². The van der Waals surface area contributed by atoms with Crippen LogP contribution >= 0.6 is 0 Å². The van der Waals surface area contributed by atoms with Crippen molar-refractivity contribution in [2.24, 2.45) is 0 Å². The largest absolute Gasteiger partial charge is 0.384 e. The SMILES string of the molecule is Nc1cc(C2CCCCC2)nc2c(/C=C/c3ccccc3)cnn12. The van der Waals surface area contributed by atoms with E-state index in [9.17, 15) is 0 Å². The highest BCUT2D eigenvalue weighted by Crippen LogP contribution is 2.33. The van der Waals surface area contributed by atoms with Gasteiger partial charge in [0.25, 0.3) is 0 Å². The zero-order valence-electron chi connectivity index (χ0n) is 13.7. The zero-order chi connectivity index (χ0) is 16.4. The Morgan fingerprint density at radius 1 is 1.04 bits per heavy atom. The third-order valence-corrected chi connectivity index (χ3v) is 4.82. The van der Waals surface area contributed by atoms with Crippen LogP contribution in [0.1, 0.15) is 54.8 Å². The van der Waals surface area contributed by atoms with Crippen molar-refractivity contribution in [3.8, 4) is 0 Å². The van der Waals surface area contributed by atoms with E-state index in [1.807, 2.05) is 30.5 Å². The van der Waals surface area contributed by atoms with Gasteiger partial charge in [0.1, 0.15) is 5.82 Å². The summed E-state index contributed by atoms with van der Waals surface area (Å²) in [4.78, 5) is 4.90. The summed E-state index contributed by atoms with van der Waals surface area (Å²) >= 11 is 0. The molecule has 2 aromatic heterocycles. The monoisotopic (exact) mass is 318 g/mol. The molecule has 1 aromatic carbocycles. The fraction of sp³-hybridized carbons (Fsp3) is 0.300. The first-order valence-corrected chi connectivity index (χ1v) is 8.68. The number of aromatic nitrogens is 3. The molecule has 0 aliphatic heterocycles. The molecule has 0 bridgehead atoms. The van der Waals surface area contributed by atoms with Crippen molar-refractivity contribution < 1.29 is 0 Å². The van der Waals surface area contributed by atoms with E-state index in [-0.39, 0.29) is 0 Å². The molecule has 4 rings (SSSR count). The number of nitrogens with two attached hydrogens (primary N) is 1. The van der Waals surface area contributed by atoms with Crippen molar-refractivity contribution in [1.29, 1.82) is 0 Å². The molecule has 122 valence electrons. The number of benzene rings is 1. The number of hydrogen-bond acceptors (Lipinski definition) is 3. The van der Waals surface area contributed by atoms with Crippen LogP contribution in [0.5, 0.6) is 0 Å². The Hall–Kier alpha value is -2.62. The standard InChI is InChI=1S/C20H22N4/c21-19-13-18(16-9-5-2-6-10-16)23-20-17(14-22-24(19)20)12-11-15-7-3-1-4-8-15/h1,3-4,7-8,11-14,16H,2,5-6,9-10,21H2/b12-11+. The number of hydrogen-bond donors (Lipinski definition) is 1. The van der Waals surface area contributed by atoms with Gasteiger partial charge >= 0.3 is 0 Å². The van der Waals surface area contributed by atoms with Crippen LogP contribution in [0.15, 0.2) is 42.6 Å². The van der Waals surface area contributed by atoms with Gasteiger partial charge in [-0.3, -0.25) is 0 Å². The Balaban J connectivity index is 1.71. The maximum absolute atomic E-state index is 6.22. The molecule has 0 saturated heterocycles. The molecule has 3 aromatic rings. The van der Waals surface area contributed by atoms with Crippen LogP contribution in [-0.4, -0.2) is 14.6 Å². The van der Waals surface area contributed by atoms with Gasteiger partial charge < -0.3 is 5.73 Å². The fourth-order valence-corrected chi connectivity index (χ4v) is 3.50. The summed E-state index contributed by atoms with van der Waals surface area (Å²) in [5.74, 6) is 1.20. The summed E-state index contributed by atoms with van der Waals surface area (Å²) in [6, 6.07) is 12.3. The lowest BCUT2D eigenvalue weighted by Crippen LogP contribution is -2.10. The molecule has 0 atom stereocenters. The van der Waals surface area contributed by atoms with Crippen molar-refractivity contribution in [2.45, 2.75) is 38.0 Å². The van der Waals surface area contributed by atoms with Gasteiger partial charge in [0.05, 0.1) is 6.20 Å². The molecule has 24 heavy (non-hydrogen) atoms. The van der Waals surface area contributed by atoms with Gasteiger partial charge in [0.2, 0.25) is 0 Å². The molecule has 0 spiro atoms. The van der Waals surface area contributed by atoms with Crippen molar-refractivity contribution in [1.82, 2.24) is 14.6 Å². The summed E-state index contributed by atoms with van der Waals surface area (Å²) in [7, 11) is 0. The van der Waals surface area contributed by atoms with Crippen LogP contribution in [0, 0.1) is 0 Å². The molecule has 4 heteroatoms. The van der Waals surface area contributed by atoms with Crippen LogP contribution in [-0.2, 0) is 0 Å². The van der Waals surface area contributed by atoms with Crippen molar-refractivity contribution in [3.63, 3.8) is 0 Å². The summed E-state index contributed by atoms with van der Waals surface area (Å²) in [5.41, 5.74) is 10.4. The molecule has 0 radical (unpaired) electrons. The van der Waals surface area contributed by atoms with E-state index in [1.165, 1.54) is 32.1 Å². The van der Waals surface area contributed by atoms with Gasteiger partial charge in [-0.05, 0) is 24.5 Å². The van der Waals surface area contributed by atoms with E-state index in [1.54, 1.807) is 4.52 Å². The molecule has 2 heterocycles. The summed E-state index contributed by atoms with van der Waals surface area (Å²) in [6.45, 7) is 0. The summed E-state index contributed by atoms with van der Waals surface area (Å²) < 4.78 is 1.73. The minimum Gasteiger partial charge on any atom is -0.384 e. The molecule has 2 N–H and O–H groups in total. The predicted molar refractivity (Wildman–Crippen MR) is 98.6 cm³/mol. The number of nitrogen functional groups attached to an aromatic ring is 1. The Morgan fingerprint density at radius 3 is 2.62 bits per heavy atom. The van der Waals surface area contributed by atoms with Crippen molar-refractivity contribution in [2.75, 3.05) is 5.73 Å². The summed E-state index contributed by atoms with van der Waals surface area (Å²) in [5, 5.41) is 4.39. The van der Waals surface area contributed by atoms with E-state index in [0.29, 0.717) is 11.7 Å². The van der Waals surface area contributed by atoms with Crippen LogP contribution < -0.4 is 5.73 Å². The van der Waals surface area contributed by atoms with Crippen molar-refractivity contribution >= 4 is 23.6 Å². The molecular formula is C20H22N4. The van der Waals surface area contributed by atoms with Crippen LogP contribution in [0.2, 0.25) is 0 Å². The molecule has 4 nitrogen and oxygen atoms in total. The van der Waals surface area contributed by atoms with Gasteiger partial charge in [0.15, 0.2) is 5.65 Å². The topological polar surface area (TPSA) is 56.2 Å². The van der Waals surface area contributed by atoms with Gasteiger partial charge in [-0.1, -0.05) is 55.7 Å². The second-order valence-electron chi connectivity index (χ2n) is 6.52. The Labute approximate surface area is 142 Å². The lowest BCUT2D eigenvalue weighted by Gasteiger charge is -2.21. The van der Waals surface area contributed by atoms with E-state index in [2.05, 4.69) is 29.4 Å². The second kappa shape index (κ2) is 6.48. The molecule has 0 unspecified atom stereocenters. The molecule has 1 saturated carbocycles. The van der Waals surface area contributed by atoms with E-state index in [0.717, 1.165) is 22.5 Å². The highest BCUT2D eigenvalue weighted by Gasteiger charge is 2.19. The van der Waals surface area contributed by atoms with Gasteiger partial charge in [-0.15, -0.1) is 0 Å². The third-order valence-electron chi connectivity index (χ3n) is 4.82. The lowest BCUT2D eigenvalue weighted by molar-refractivity contribution is 0.437. The fourth-order valence-electron chi connectivity index (χ4n) is 3.50. The number of fused-ring (bicyclic) bond motifs is 1. The normalized spacial score (nSPS) is 16.2. The Morgan fingerprint density at radius 2 is 1.83 bits per heavy atom. The average molecular weight is 318 g/mol. The highest BCUT2D eigenvalue weighted by atomic mass is 15.3. The zero-order valence-corrected chi connectivity index (χ0v) is 13.7. The molecule has 1 aliphatic rings. The first kappa shape index (κ1) is 14.9. The molecular weight excluding hydrogens is 296 g/mol. The average Bonchev–Trinajstić information content (AvgIpc) is 3.05. The third kappa shape index (κ3) is 2.92. The number of rotatable bonds is 3. The molecule has 1 aliphatic carbocycles. The predicted octanol–water partition coefficient (Wildman–Crippen LogP) is 4.53. The van der Waals surface area contributed by atoms with Gasteiger partial charge in [0, 0.05) is 23.2 Å². The number of nitrogens with zero attached hydrogens (tertiary/aromatic N) is 3. The summed E-state index contributed by atoms with van der Waals surface area (Å²) in [6.07, 6.45) is 12.3. The second-order valence-corrected chi connectivity index (χ2v) is 6.52. The maximum Gasteiger partial charge on any atom is 0.164 e. The van der Waals surface area contributed by atoms with E-state index >= 15 is 0 Å². The first-order valence-electron chi connectivity index (χ1n) is 8.68. The molecule has 1 fully saturated rings. The Kier molecular flexibility index (Phi) is 4.03. The molecule has 0 amide bonds. The minimum absolute atomic E-state index is 0.534.